The molecule has 0 radical (unpaired) electrons. The molecular weight excluding hydrogens is 252 g/mol. The third kappa shape index (κ3) is 5.02. The summed E-state index contributed by atoms with van der Waals surface area (Å²) in [4.78, 5) is 0. The van der Waals surface area contributed by atoms with Gasteiger partial charge < -0.3 is 0 Å². The molecule has 0 heteroatoms. The summed E-state index contributed by atoms with van der Waals surface area (Å²) in [6.45, 7) is 6.99. The minimum Gasteiger partial charge on any atom is -0.0738 e. The minimum atomic E-state index is 0.867. The van der Waals surface area contributed by atoms with E-state index in [0.29, 0.717) is 0 Å². The van der Waals surface area contributed by atoms with Crippen molar-refractivity contribution >= 4 is 0 Å². The Morgan fingerprint density at radius 1 is 0.905 bits per heavy atom. The molecule has 1 aliphatic carbocycles. The average molecular weight is 284 g/mol. The molecule has 0 nitrogen and oxygen atoms in total. The van der Waals surface area contributed by atoms with E-state index in [1.807, 2.05) is 0 Å². The molecule has 1 atom stereocenters. The van der Waals surface area contributed by atoms with Crippen molar-refractivity contribution in [3.05, 3.63) is 46.5 Å². The van der Waals surface area contributed by atoms with E-state index in [1.54, 1.807) is 11.1 Å². The van der Waals surface area contributed by atoms with Crippen molar-refractivity contribution in [2.24, 2.45) is 5.92 Å². The van der Waals surface area contributed by atoms with Crippen molar-refractivity contribution in [3.63, 3.8) is 0 Å². The SMILES string of the molecule is CC1=C(CCCCCCCc2ccccc2C)C(C)CC1. The van der Waals surface area contributed by atoms with Crippen LogP contribution in [0.3, 0.4) is 0 Å². The van der Waals surface area contributed by atoms with Gasteiger partial charge in [0, 0.05) is 0 Å². The minimum absolute atomic E-state index is 0.867. The summed E-state index contributed by atoms with van der Waals surface area (Å²) >= 11 is 0. The molecule has 1 aliphatic rings. The van der Waals surface area contributed by atoms with Gasteiger partial charge in [-0.2, -0.15) is 0 Å². The molecule has 0 spiro atoms. The van der Waals surface area contributed by atoms with Crippen LogP contribution in [0.25, 0.3) is 0 Å². The Hall–Kier alpha value is -1.04. The summed E-state index contributed by atoms with van der Waals surface area (Å²) in [5.41, 5.74) is 6.48. The molecule has 0 heterocycles. The van der Waals surface area contributed by atoms with Crippen molar-refractivity contribution in [1.82, 2.24) is 0 Å². The fourth-order valence-electron chi connectivity index (χ4n) is 3.70. The number of hydrogen-bond donors (Lipinski definition) is 0. The summed E-state index contributed by atoms with van der Waals surface area (Å²) in [7, 11) is 0. The third-order valence-corrected chi connectivity index (χ3v) is 5.25. The van der Waals surface area contributed by atoms with Crippen molar-refractivity contribution in [2.45, 2.75) is 78.6 Å². The summed E-state index contributed by atoms with van der Waals surface area (Å²) in [5, 5.41) is 0. The van der Waals surface area contributed by atoms with E-state index in [9.17, 15) is 0 Å². The van der Waals surface area contributed by atoms with Crippen LogP contribution in [0.4, 0.5) is 0 Å². The molecule has 0 amide bonds. The molecule has 0 aromatic heterocycles. The highest BCUT2D eigenvalue weighted by Crippen LogP contribution is 2.34. The van der Waals surface area contributed by atoms with Gasteiger partial charge >= 0.3 is 0 Å². The molecule has 1 aromatic carbocycles. The highest BCUT2D eigenvalue weighted by atomic mass is 14.2. The fourth-order valence-corrected chi connectivity index (χ4v) is 3.70. The van der Waals surface area contributed by atoms with Gasteiger partial charge in [-0.15, -0.1) is 0 Å². The molecule has 2 rings (SSSR count). The highest BCUT2D eigenvalue weighted by Gasteiger charge is 2.17. The Labute approximate surface area is 131 Å². The van der Waals surface area contributed by atoms with Crippen LogP contribution in [0, 0.1) is 12.8 Å². The van der Waals surface area contributed by atoms with Crippen LogP contribution >= 0.6 is 0 Å². The quantitative estimate of drug-likeness (QED) is 0.371. The third-order valence-electron chi connectivity index (χ3n) is 5.25. The van der Waals surface area contributed by atoms with Crippen molar-refractivity contribution < 1.29 is 0 Å². The lowest BCUT2D eigenvalue weighted by Gasteiger charge is -2.10. The van der Waals surface area contributed by atoms with Crippen molar-refractivity contribution in [1.29, 1.82) is 0 Å². The van der Waals surface area contributed by atoms with Crippen LogP contribution in [-0.4, -0.2) is 0 Å². The largest absolute Gasteiger partial charge is 0.0738 e. The van der Waals surface area contributed by atoms with Gasteiger partial charge in [0.2, 0.25) is 0 Å². The number of rotatable bonds is 8. The summed E-state index contributed by atoms with van der Waals surface area (Å²) in [6, 6.07) is 8.82. The molecular formula is C21H32. The molecule has 116 valence electrons. The lowest BCUT2D eigenvalue weighted by molar-refractivity contribution is 0.583. The second kappa shape index (κ2) is 8.41. The predicted octanol–water partition coefficient (Wildman–Crippen LogP) is 6.62. The fraction of sp³-hybridized carbons (Fsp3) is 0.619. The maximum absolute atomic E-state index is 2.41. The molecule has 0 saturated carbocycles. The Balaban J connectivity index is 1.55. The monoisotopic (exact) mass is 284 g/mol. The van der Waals surface area contributed by atoms with Gasteiger partial charge in [-0.1, -0.05) is 61.6 Å². The van der Waals surface area contributed by atoms with Gasteiger partial charge in [0.25, 0.3) is 0 Å². The van der Waals surface area contributed by atoms with Gasteiger partial charge in [-0.25, -0.2) is 0 Å². The first-order valence-corrected chi connectivity index (χ1v) is 8.91. The summed E-state index contributed by atoms with van der Waals surface area (Å²) in [5.74, 6) is 0.867. The second-order valence-corrected chi connectivity index (χ2v) is 6.94. The molecule has 0 bridgehead atoms. The topological polar surface area (TPSA) is 0 Å². The molecule has 0 N–H and O–H groups in total. The van der Waals surface area contributed by atoms with E-state index < -0.39 is 0 Å². The van der Waals surface area contributed by atoms with Crippen LogP contribution < -0.4 is 0 Å². The molecule has 1 unspecified atom stereocenters. The van der Waals surface area contributed by atoms with Crippen LogP contribution in [0.5, 0.6) is 0 Å². The van der Waals surface area contributed by atoms with Crippen LogP contribution in [0.2, 0.25) is 0 Å². The maximum atomic E-state index is 2.41. The molecule has 1 aromatic rings. The average Bonchev–Trinajstić information content (AvgIpc) is 2.79. The zero-order chi connectivity index (χ0) is 15.1. The first-order chi connectivity index (χ1) is 10.2. The smallest absolute Gasteiger partial charge is 0.0226 e. The zero-order valence-corrected chi connectivity index (χ0v) is 14.3. The number of allylic oxidation sites excluding steroid dienone is 2. The first-order valence-electron chi connectivity index (χ1n) is 8.91. The Morgan fingerprint density at radius 2 is 1.57 bits per heavy atom. The van der Waals surface area contributed by atoms with E-state index in [-0.39, 0.29) is 0 Å². The Kier molecular flexibility index (Phi) is 6.54. The van der Waals surface area contributed by atoms with Gasteiger partial charge in [-0.05, 0) is 69.4 Å². The van der Waals surface area contributed by atoms with Crippen molar-refractivity contribution in [2.75, 3.05) is 0 Å². The number of hydrogen-bond acceptors (Lipinski definition) is 0. The van der Waals surface area contributed by atoms with E-state index in [0.717, 1.165) is 5.92 Å². The van der Waals surface area contributed by atoms with Gasteiger partial charge in [0.1, 0.15) is 0 Å². The van der Waals surface area contributed by atoms with E-state index in [1.165, 1.54) is 68.9 Å². The summed E-state index contributed by atoms with van der Waals surface area (Å²) in [6.07, 6.45) is 12.3. The molecule has 0 fully saturated rings. The Morgan fingerprint density at radius 3 is 2.24 bits per heavy atom. The Bertz CT molecular complexity index is 467. The maximum Gasteiger partial charge on any atom is -0.0226 e. The molecule has 0 aliphatic heterocycles. The number of unbranched alkanes of at least 4 members (excludes halogenated alkanes) is 4. The van der Waals surface area contributed by atoms with E-state index in [4.69, 9.17) is 0 Å². The molecule has 21 heavy (non-hydrogen) atoms. The highest BCUT2D eigenvalue weighted by molar-refractivity contribution is 5.25. The molecule has 0 saturated heterocycles. The standard InChI is InChI=1S/C21H32/c1-17-11-9-10-13-20(17)12-7-5-4-6-8-14-21-18(2)15-16-19(21)3/h9-11,13,18H,4-8,12,14-16H2,1-3H3. The van der Waals surface area contributed by atoms with Gasteiger partial charge in [-0.3, -0.25) is 0 Å². The van der Waals surface area contributed by atoms with Gasteiger partial charge in [0.15, 0.2) is 0 Å². The zero-order valence-electron chi connectivity index (χ0n) is 14.3. The first kappa shape index (κ1) is 16.3. The predicted molar refractivity (Wildman–Crippen MR) is 93.7 cm³/mol. The summed E-state index contributed by atoms with van der Waals surface area (Å²) < 4.78 is 0. The second-order valence-electron chi connectivity index (χ2n) is 6.94. The number of aryl methyl sites for hydroxylation is 2. The lowest BCUT2D eigenvalue weighted by Crippen LogP contribution is -1.94. The van der Waals surface area contributed by atoms with E-state index in [2.05, 4.69) is 45.0 Å². The van der Waals surface area contributed by atoms with Crippen LogP contribution in [0.15, 0.2) is 35.4 Å². The van der Waals surface area contributed by atoms with Crippen molar-refractivity contribution in [3.8, 4) is 0 Å². The lowest BCUT2D eigenvalue weighted by atomic mass is 9.96. The van der Waals surface area contributed by atoms with E-state index >= 15 is 0 Å². The van der Waals surface area contributed by atoms with Crippen LogP contribution in [0.1, 0.15) is 76.3 Å². The van der Waals surface area contributed by atoms with Crippen LogP contribution in [-0.2, 0) is 6.42 Å². The number of benzene rings is 1. The normalized spacial score (nSPS) is 18.5. The van der Waals surface area contributed by atoms with Gasteiger partial charge in [0.05, 0.1) is 0 Å².